The molecular weight excluding hydrogens is 286 g/mol. The van der Waals surface area contributed by atoms with Crippen LogP contribution in [0, 0.1) is 0 Å². The molecule has 0 radical (unpaired) electrons. The van der Waals surface area contributed by atoms with E-state index in [4.69, 9.17) is 0 Å². The van der Waals surface area contributed by atoms with Gasteiger partial charge >= 0.3 is 0 Å². The molecule has 0 bridgehead atoms. The van der Waals surface area contributed by atoms with Crippen LogP contribution in [0.4, 0.5) is 0 Å². The molecule has 2 fully saturated rings. The van der Waals surface area contributed by atoms with E-state index in [2.05, 4.69) is 40.5 Å². The third-order valence-corrected chi connectivity index (χ3v) is 5.31. The number of amides is 1. The fourth-order valence-corrected chi connectivity index (χ4v) is 3.79. The van der Waals surface area contributed by atoms with Gasteiger partial charge in [0.1, 0.15) is 0 Å². The van der Waals surface area contributed by atoms with Crippen molar-refractivity contribution in [2.24, 2.45) is 0 Å². The predicted octanol–water partition coefficient (Wildman–Crippen LogP) is 2.25. The molecule has 1 N–H and O–H groups in total. The Hall–Kier alpha value is -1.39. The van der Waals surface area contributed by atoms with Crippen LogP contribution < -0.4 is 5.32 Å². The van der Waals surface area contributed by atoms with Gasteiger partial charge in [-0.25, -0.2) is 0 Å². The summed E-state index contributed by atoms with van der Waals surface area (Å²) in [5, 5.41) is 3.38. The average molecular weight is 315 g/mol. The van der Waals surface area contributed by atoms with Crippen LogP contribution in [-0.4, -0.2) is 54.5 Å². The zero-order chi connectivity index (χ0) is 16.1. The Kier molecular flexibility index (Phi) is 5.68. The molecule has 0 saturated carbocycles. The van der Waals surface area contributed by atoms with Gasteiger partial charge < -0.3 is 10.2 Å². The summed E-state index contributed by atoms with van der Waals surface area (Å²) in [6.07, 6.45) is 5.54. The zero-order valence-electron chi connectivity index (χ0n) is 14.2. The number of hydrogen-bond donors (Lipinski definition) is 1. The van der Waals surface area contributed by atoms with Gasteiger partial charge in [0.05, 0.1) is 6.04 Å². The molecule has 4 heteroatoms. The van der Waals surface area contributed by atoms with Gasteiger partial charge in [0.25, 0.3) is 0 Å². The summed E-state index contributed by atoms with van der Waals surface area (Å²) >= 11 is 0. The number of likely N-dealkylation sites (N-methyl/N-ethyl adjacent to an activating group) is 1. The molecule has 2 saturated heterocycles. The van der Waals surface area contributed by atoms with Gasteiger partial charge in [-0.05, 0) is 37.8 Å². The largest absolute Gasteiger partial charge is 0.341 e. The van der Waals surface area contributed by atoms with E-state index in [1.165, 1.54) is 18.4 Å². The van der Waals surface area contributed by atoms with Crippen molar-refractivity contribution < 1.29 is 4.79 Å². The van der Waals surface area contributed by atoms with E-state index in [0.29, 0.717) is 11.9 Å². The minimum absolute atomic E-state index is 0.0519. The zero-order valence-corrected chi connectivity index (χ0v) is 14.2. The van der Waals surface area contributed by atoms with Crippen molar-refractivity contribution in [3.63, 3.8) is 0 Å². The molecule has 1 aromatic rings. The van der Waals surface area contributed by atoms with Crippen molar-refractivity contribution in [2.45, 2.75) is 50.7 Å². The summed E-state index contributed by atoms with van der Waals surface area (Å²) in [4.78, 5) is 17.1. The van der Waals surface area contributed by atoms with Gasteiger partial charge in [-0.15, -0.1) is 0 Å². The van der Waals surface area contributed by atoms with Crippen LogP contribution in [0.2, 0.25) is 0 Å². The first kappa shape index (κ1) is 16.5. The Bertz CT molecular complexity index is 491. The van der Waals surface area contributed by atoms with Crippen LogP contribution in [0.3, 0.4) is 0 Å². The first-order valence-corrected chi connectivity index (χ1v) is 9.00. The lowest BCUT2D eigenvalue weighted by molar-refractivity contribution is -0.135. The summed E-state index contributed by atoms with van der Waals surface area (Å²) in [7, 11) is 2.00. The highest BCUT2D eigenvalue weighted by atomic mass is 16.2. The molecule has 0 spiro atoms. The van der Waals surface area contributed by atoms with Crippen molar-refractivity contribution in [3.8, 4) is 0 Å². The standard InChI is InChI=1S/C19H29N3O/c1-21(19(23)18-9-5-6-12-20-18)17-10-13-22(14-11-17)15-16-7-3-2-4-8-16/h2-4,7-8,17-18,20H,5-6,9-15H2,1H3. The third-order valence-electron chi connectivity index (χ3n) is 5.31. The number of hydrogen-bond acceptors (Lipinski definition) is 3. The van der Waals surface area contributed by atoms with E-state index >= 15 is 0 Å². The maximum atomic E-state index is 12.6. The molecule has 126 valence electrons. The predicted molar refractivity (Wildman–Crippen MR) is 93.2 cm³/mol. The van der Waals surface area contributed by atoms with Crippen molar-refractivity contribution in [1.82, 2.24) is 15.1 Å². The van der Waals surface area contributed by atoms with Gasteiger partial charge in [-0.3, -0.25) is 9.69 Å². The fourth-order valence-electron chi connectivity index (χ4n) is 3.79. The number of benzene rings is 1. The molecule has 23 heavy (non-hydrogen) atoms. The first-order chi connectivity index (χ1) is 11.2. The molecule has 0 aliphatic carbocycles. The average Bonchev–Trinajstić information content (AvgIpc) is 2.63. The molecular formula is C19H29N3O. The molecule has 1 atom stereocenters. The Morgan fingerprint density at radius 2 is 1.91 bits per heavy atom. The number of likely N-dealkylation sites (tertiary alicyclic amines) is 1. The van der Waals surface area contributed by atoms with E-state index < -0.39 is 0 Å². The Labute approximate surface area is 139 Å². The van der Waals surface area contributed by atoms with Crippen LogP contribution in [-0.2, 0) is 11.3 Å². The second kappa shape index (κ2) is 7.93. The normalized spacial score (nSPS) is 23.6. The molecule has 1 aromatic carbocycles. The molecule has 4 nitrogen and oxygen atoms in total. The number of carbonyl (C=O) groups excluding carboxylic acids is 1. The lowest BCUT2D eigenvalue weighted by Gasteiger charge is -2.38. The second-order valence-corrected chi connectivity index (χ2v) is 6.94. The molecule has 0 aromatic heterocycles. The number of piperidine rings is 2. The molecule has 2 aliphatic rings. The summed E-state index contributed by atoms with van der Waals surface area (Å²) in [6, 6.07) is 11.1. The maximum absolute atomic E-state index is 12.6. The van der Waals surface area contributed by atoms with Crippen molar-refractivity contribution in [2.75, 3.05) is 26.7 Å². The maximum Gasteiger partial charge on any atom is 0.239 e. The molecule has 3 rings (SSSR count). The number of rotatable bonds is 4. The fraction of sp³-hybridized carbons (Fsp3) is 0.632. The van der Waals surface area contributed by atoms with Gasteiger partial charge in [0.2, 0.25) is 5.91 Å². The van der Waals surface area contributed by atoms with Gasteiger partial charge in [0.15, 0.2) is 0 Å². The van der Waals surface area contributed by atoms with E-state index in [1.54, 1.807) is 0 Å². The highest BCUT2D eigenvalue weighted by Crippen LogP contribution is 2.19. The SMILES string of the molecule is CN(C(=O)C1CCCCN1)C1CCN(Cc2ccccc2)CC1. The van der Waals surface area contributed by atoms with Gasteiger partial charge in [-0.2, -0.15) is 0 Å². The first-order valence-electron chi connectivity index (χ1n) is 9.00. The lowest BCUT2D eigenvalue weighted by atomic mass is 9.99. The molecule has 2 heterocycles. The topological polar surface area (TPSA) is 35.6 Å². The molecule has 1 unspecified atom stereocenters. The summed E-state index contributed by atoms with van der Waals surface area (Å²) in [6.45, 7) is 4.17. The minimum atomic E-state index is 0.0519. The van der Waals surface area contributed by atoms with Crippen molar-refractivity contribution in [3.05, 3.63) is 35.9 Å². The van der Waals surface area contributed by atoms with Crippen LogP contribution in [0.1, 0.15) is 37.7 Å². The highest BCUT2D eigenvalue weighted by Gasteiger charge is 2.30. The van der Waals surface area contributed by atoms with Crippen molar-refractivity contribution >= 4 is 5.91 Å². The van der Waals surface area contributed by atoms with E-state index in [0.717, 1.165) is 45.4 Å². The van der Waals surface area contributed by atoms with Crippen LogP contribution in [0.15, 0.2) is 30.3 Å². The van der Waals surface area contributed by atoms with Gasteiger partial charge in [-0.1, -0.05) is 36.8 Å². The number of nitrogens with one attached hydrogen (secondary N) is 1. The Morgan fingerprint density at radius 1 is 1.17 bits per heavy atom. The smallest absolute Gasteiger partial charge is 0.239 e. The Morgan fingerprint density at radius 3 is 2.57 bits per heavy atom. The summed E-state index contributed by atoms with van der Waals surface area (Å²) in [5.41, 5.74) is 1.38. The highest BCUT2D eigenvalue weighted by molar-refractivity contribution is 5.82. The van der Waals surface area contributed by atoms with Crippen molar-refractivity contribution in [1.29, 1.82) is 0 Å². The summed E-state index contributed by atoms with van der Waals surface area (Å²) in [5.74, 6) is 0.297. The number of carbonyl (C=O) groups is 1. The third kappa shape index (κ3) is 4.33. The molecule has 2 aliphatic heterocycles. The van der Waals surface area contributed by atoms with Crippen LogP contribution in [0.25, 0.3) is 0 Å². The Balaban J connectivity index is 1.47. The second-order valence-electron chi connectivity index (χ2n) is 6.94. The lowest BCUT2D eigenvalue weighted by Crippen LogP contribution is -2.52. The van der Waals surface area contributed by atoms with E-state index in [-0.39, 0.29) is 6.04 Å². The molecule has 1 amide bonds. The summed E-state index contributed by atoms with van der Waals surface area (Å²) < 4.78 is 0. The quantitative estimate of drug-likeness (QED) is 0.926. The van der Waals surface area contributed by atoms with E-state index in [1.807, 2.05) is 11.9 Å². The minimum Gasteiger partial charge on any atom is -0.341 e. The monoisotopic (exact) mass is 315 g/mol. The number of nitrogens with zero attached hydrogens (tertiary/aromatic N) is 2. The van der Waals surface area contributed by atoms with Gasteiger partial charge in [0, 0.05) is 32.7 Å². The van der Waals surface area contributed by atoms with E-state index in [9.17, 15) is 4.79 Å². The van der Waals surface area contributed by atoms with Crippen LogP contribution in [0.5, 0.6) is 0 Å². The van der Waals surface area contributed by atoms with Crippen LogP contribution >= 0.6 is 0 Å².